The topological polar surface area (TPSA) is 12.4 Å². The lowest BCUT2D eigenvalue weighted by molar-refractivity contribution is 0.693. The molecule has 70 valence electrons. The number of fused-ring (bicyclic) bond motifs is 2. The van der Waals surface area contributed by atoms with Gasteiger partial charge >= 0.3 is 0 Å². The molecule has 3 rings (SSSR count). The van der Waals surface area contributed by atoms with E-state index in [0.29, 0.717) is 5.92 Å². The van der Waals surface area contributed by atoms with Gasteiger partial charge in [-0.1, -0.05) is 30.4 Å². The molecule has 0 aliphatic heterocycles. The molecule has 2 unspecified atom stereocenters. The molecule has 1 heteroatoms. The van der Waals surface area contributed by atoms with E-state index < -0.39 is 0 Å². The van der Waals surface area contributed by atoms with Crippen molar-refractivity contribution in [3.05, 3.63) is 42.5 Å². The first-order valence-corrected chi connectivity index (χ1v) is 5.22. The molecule has 0 aromatic heterocycles. The van der Waals surface area contributed by atoms with E-state index >= 15 is 0 Å². The molecule has 2 atom stereocenters. The van der Waals surface area contributed by atoms with Gasteiger partial charge in [0, 0.05) is 11.6 Å². The molecule has 1 aromatic rings. The van der Waals surface area contributed by atoms with E-state index in [1.54, 1.807) is 0 Å². The summed E-state index contributed by atoms with van der Waals surface area (Å²) in [6.45, 7) is 0. The van der Waals surface area contributed by atoms with Crippen LogP contribution in [0.2, 0.25) is 0 Å². The number of nitrogens with zero attached hydrogens (tertiary/aromatic N) is 1. The van der Waals surface area contributed by atoms with Gasteiger partial charge in [-0.25, -0.2) is 0 Å². The number of rotatable bonds is 1. The van der Waals surface area contributed by atoms with Crippen molar-refractivity contribution >= 4 is 11.4 Å². The zero-order valence-electron chi connectivity index (χ0n) is 8.06. The Kier molecular flexibility index (Phi) is 1.76. The van der Waals surface area contributed by atoms with E-state index in [-0.39, 0.29) is 0 Å². The van der Waals surface area contributed by atoms with Crippen LogP contribution >= 0.6 is 0 Å². The smallest absolute Gasteiger partial charge is 0.0629 e. The average Bonchev–Trinajstić information content (AvgIpc) is 2.81. The molecule has 1 nitrogen and oxygen atoms in total. The fourth-order valence-electron chi connectivity index (χ4n) is 2.39. The van der Waals surface area contributed by atoms with Crippen molar-refractivity contribution in [1.82, 2.24) is 0 Å². The minimum Gasteiger partial charge on any atom is -0.257 e. The predicted molar refractivity (Wildman–Crippen MR) is 58.9 cm³/mol. The van der Waals surface area contributed by atoms with Gasteiger partial charge in [0.25, 0.3) is 0 Å². The first kappa shape index (κ1) is 7.98. The Bertz CT molecular complexity index is 389. The zero-order valence-corrected chi connectivity index (χ0v) is 8.06. The quantitative estimate of drug-likeness (QED) is 0.592. The van der Waals surface area contributed by atoms with Gasteiger partial charge in [-0.3, -0.25) is 4.99 Å². The van der Waals surface area contributed by atoms with Gasteiger partial charge in [-0.05, 0) is 30.9 Å². The van der Waals surface area contributed by atoms with Gasteiger partial charge in [-0.2, -0.15) is 0 Å². The first-order valence-electron chi connectivity index (χ1n) is 5.22. The van der Waals surface area contributed by atoms with E-state index in [1.165, 1.54) is 18.6 Å². The molecule has 0 radical (unpaired) electrons. The SMILES string of the molecule is C1=CC2CC1CC2=Nc1ccccc1. The summed E-state index contributed by atoms with van der Waals surface area (Å²) >= 11 is 0. The Balaban J connectivity index is 1.90. The van der Waals surface area contributed by atoms with E-state index in [2.05, 4.69) is 24.3 Å². The van der Waals surface area contributed by atoms with Crippen LogP contribution in [0.15, 0.2) is 47.5 Å². The average molecular weight is 183 g/mol. The summed E-state index contributed by atoms with van der Waals surface area (Å²) in [7, 11) is 0. The van der Waals surface area contributed by atoms with Crippen molar-refractivity contribution in [2.75, 3.05) is 0 Å². The summed E-state index contributed by atoms with van der Waals surface area (Å²) in [5.74, 6) is 1.42. The second-order valence-electron chi connectivity index (χ2n) is 4.13. The third-order valence-electron chi connectivity index (χ3n) is 3.10. The van der Waals surface area contributed by atoms with Crippen LogP contribution in [-0.4, -0.2) is 5.71 Å². The summed E-state index contributed by atoms with van der Waals surface area (Å²) < 4.78 is 0. The van der Waals surface area contributed by atoms with Crippen LogP contribution in [0, 0.1) is 11.8 Å². The fourth-order valence-corrected chi connectivity index (χ4v) is 2.39. The molecule has 0 N–H and O–H groups in total. The summed E-state index contributed by atoms with van der Waals surface area (Å²) in [5.41, 5.74) is 2.48. The summed E-state index contributed by atoms with van der Waals surface area (Å²) in [5, 5.41) is 0. The van der Waals surface area contributed by atoms with E-state index in [1.807, 2.05) is 18.2 Å². The Morgan fingerprint density at radius 2 is 1.93 bits per heavy atom. The molecular formula is C13H13N. The van der Waals surface area contributed by atoms with Crippen LogP contribution in [0.25, 0.3) is 0 Å². The summed E-state index contributed by atoms with van der Waals surface area (Å²) in [6.07, 6.45) is 7.13. The number of hydrogen-bond donors (Lipinski definition) is 0. The van der Waals surface area contributed by atoms with Crippen LogP contribution in [0.4, 0.5) is 5.69 Å². The summed E-state index contributed by atoms with van der Waals surface area (Å²) in [4.78, 5) is 4.71. The van der Waals surface area contributed by atoms with Gasteiger partial charge in [0.2, 0.25) is 0 Å². The number of para-hydroxylation sites is 1. The molecule has 1 saturated carbocycles. The maximum Gasteiger partial charge on any atom is 0.0629 e. The predicted octanol–water partition coefficient (Wildman–Crippen LogP) is 3.36. The van der Waals surface area contributed by atoms with Crippen molar-refractivity contribution in [2.45, 2.75) is 12.8 Å². The highest BCUT2D eigenvalue weighted by Crippen LogP contribution is 2.37. The minimum atomic E-state index is 0.639. The second-order valence-corrected chi connectivity index (χ2v) is 4.13. The Morgan fingerprint density at radius 3 is 2.57 bits per heavy atom. The van der Waals surface area contributed by atoms with Crippen LogP contribution in [-0.2, 0) is 0 Å². The standard InChI is InChI=1S/C13H13N/c1-2-4-12(5-3-1)14-13-9-10-6-7-11(13)8-10/h1-7,10-11H,8-9H2. The third kappa shape index (κ3) is 1.29. The minimum absolute atomic E-state index is 0.639. The molecule has 0 amide bonds. The third-order valence-corrected chi connectivity index (χ3v) is 3.10. The van der Waals surface area contributed by atoms with Gasteiger partial charge < -0.3 is 0 Å². The fraction of sp³-hybridized carbons (Fsp3) is 0.308. The van der Waals surface area contributed by atoms with E-state index in [0.717, 1.165) is 11.6 Å². The van der Waals surface area contributed by atoms with Crippen molar-refractivity contribution in [3.8, 4) is 0 Å². The molecule has 14 heavy (non-hydrogen) atoms. The Hall–Kier alpha value is -1.37. The normalized spacial score (nSPS) is 31.6. The highest BCUT2D eigenvalue weighted by Gasteiger charge is 2.31. The van der Waals surface area contributed by atoms with Gasteiger partial charge in [0.1, 0.15) is 0 Å². The van der Waals surface area contributed by atoms with Gasteiger partial charge in [0.05, 0.1) is 5.69 Å². The Morgan fingerprint density at radius 1 is 1.07 bits per heavy atom. The highest BCUT2D eigenvalue weighted by molar-refractivity contribution is 5.93. The van der Waals surface area contributed by atoms with Crippen LogP contribution < -0.4 is 0 Å². The molecule has 1 fully saturated rings. The maximum atomic E-state index is 4.71. The van der Waals surface area contributed by atoms with Gasteiger partial charge in [-0.15, -0.1) is 0 Å². The molecule has 0 heterocycles. The lowest BCUT2D eigenvalue weighted by atomic mass is 10.1. The van der Waals surface area contributed by atoms with Crippen molar-refractivity contribution < 1.29 is 0 Å². The maximum absolute atomic E-state index is 4.71. The van der Waals surface area contributed by atoms with E-state index in [4.69, 9.17) is 4.99 Å². The van der Waals surface area contributed by atoms with Crippen LogP contribution in [0.1, 0.15) is 12.8 Å². The number of aliphatic imine (C=N–C) groups is 1. The monoisotopic (exact) mass is 183 g/mol. The second kappa shape index (κ2) is 3.09. The lowest BCUT2D eigenvalue weighted by Gasteiger charge is -2.06. The lowest BCUT2D eigenvalue weighted by Crippen LogP contribution is -2.04. The molecule has 2 aliphatic carbocycles. The van der Waals surface area contributed by atoms with Gasteiger partial charge in [0.15, 0.2) is 0 Å². The van der Waals surface area contributed by atoms with Crippen LogP contribution in [0.5, 0.6) is 0 Å². The van der Waals surface area contributed by atoms with Crippen LogP contribution in [0.3, 0.4) is 0 Å². The van der Waals surface area contributed by atoms with Crippen molar-refractivity contribution in [2.24, 2.45) is 16.8 Å². The Labute approximate surface area is 84.2 Å². The molecule has 0 spiro atoms. The number of hydrogen-bond acceptors (Lipinski definition) is 1. The van der Waals surface area contributed by atoms with E-state index in [9.17, 15) is 0 Å². The molecule has 1 aromatic carbocycles. The number of allylic oxidation sites excluding steroid dienone is 2. The number of benzene rings is 1. The summed E-state index contributed by atoms with van der Waals surface area (Å²) in [6, 6.07) is 10.3. The highest BCUT2D eigenvalue weighted by atomic mass is 14.8. The molecule has 2 aliphatic rings. The first-order chi connectivity index (χ1) is 6.92. The largest absolute Gasteiger partial charge is 0.257 e. The molecule has 0 saturated heterocycles. The van der Waals surface area contributed by atoms with Crippen molar-refractivity contribution in [3.63, 3.8) is 0 Å². The molecular weight excluding hydrogens is 170 g/mol. The zero-order chi connectivity index (χ0) is 9.38. The van der Waals surface area contributed by atoms with Crippen molar-refractivity contribution in [1.29, 1.82) is 0 Å². The molecule has 2 bridgehead atoms.